The van der Waals surface area contributed by atoms with Crippen LogP contribution in [0.5, 0.6) is 0 Å². The smallest absolute Gasteiger partial charge is 0.328 e. The largest absolute Gasteiger partial charge is 0.467 e. The highest BCUT2D eigenvalue weighted by atomic mass is 16.5. The fraction of sp³-hybridized carbons (Fsp3) is 0.333. The van der Waals surface area contributed by atoms with E-state index in [1.165, 1.54) is 7.11 Å². The van der Waals surface area contributed by atoms with Crippen molar-refractivity contribution >= 4 is 22.6 Å². The summed E-state index contributed by atoms with van der Waals surface area (Å²) in [6.07, 6.45) is 2.44. The lowest BCUT2D eigenvalue weighted by atomic mass is 10.1. The molecule has 2 aromatic rings. The maximum atomic E-state index is 11.7. The van der Waals surface area contributed by atoms with Gasteiger partial charge in [-0.1, -0.05) is 13.0 Å². The van der Waals surface area contributed by atoms with Crippen LogP contribution in [0.3, 0.4) is 0 Å². The molecule has 0 spiro atoms. The molecule has 0 bridgehead atoms. The molecule has 0 radical (unpaired) electrons. The zero-order valence-corrected chi connectivity index (χ0v) is 11.4. The Morgan fingerprint density at radius 1 is 1.42 bits per heavy atom. The summed E-state index contributed by atoms with van der Waals surface area (Å²) < 4.78 is 4.79. The summed E-state index contributed by atoms with van der Waals surface area (Å²) in [6, 6.07) is 7.54. The molecule has 1 aromatic heterocycles. The number of rotatable bonds is 4. The van der Waals surface area contributed by atoms with Gasteiger partial charge in [-0.25, -0.2) is 4.79 Å². The number of hydrogen-bond donors (Lipinski definition) is 1. The van der Waals surface area contributed by atoms with Gasteiger partial charge >= 0.3 is 5.97 Å². The Morgan fingerprint density at radius 3 is 2.89 bits per heavy atom. The molecule has 1 heterocycles. The molecule has 1 aromatic carbocycles. The molecule has 0 saturated carbocycles. The van der Waals surface area contributed by atoms with Crippen LogP contribution in [0, 0.1) is 6.92 Å². The number of nitrogens with zero attached hydrogens (tertiary/aromatic N) is 1. The van der Waals surface area contributed by atoms with Gasteiger partial charge in [0.05, 0.1) is 12.6 Å². The van der Waals surface area contributed by atoms with E-state index in [-0.39, 0.29) is 12.0 Å². The first-order valence-electron chi connectivity index (χ1n) is 6.36. The van der Waals surface area contributed by atoms with Gasteiger partial charge in [0.2, 0.25) is 0 Å². The number of fused-ring (bicyclic) bond motifs is 1. The summed E-state index contributed by atoms with van der Waals surface area (Å²) in [6.45, 7) is 3.97. The zero-order valence-electron chi connectivity index (χ0n) is 11.4. The average Bonchev–Trinajstić information content (AvgIpc) is 2.46. The van der Waals surface area contributed by atoms with E-state index in [1.807, 2.05) is 38.1 Å². The van der Waals surface area contributed by atoms with Crippen molar-refractivity contribution in [3.8, 4) is 0 Å². The second kappa shape index (κ2) is 5.69. The molecular formula is C15H18N2O2. The highest BCUT2D eigenvalue weighted by Gasteiger charge is 2.17. The number of pyridine rings is 1. The minimum atomic E-state index is -0.337. The molecule has 19 heavy (non-hydrogen) atoms. The highest BCUT2D eigenvalue weighted by molar-refractivity contribution is 5.94. The molecule has 0 aliphatic heterocycles. The van der Waals surface area contributed by atoms with Crippen molar-refractivity contribution in [2.75, 3.05) is 12.4 Å². The molecule has 4 nitrogen and oxygen atoms in total. The summed E-state index contributed by atoms with van der Waals surface area (Å²) in [7, 11) is 1.40. The van der Waals surface area contributed by atoms with Crippen LogP contribution in [-0.4, -0.2) is 24.1 Å². The Kier molecular flexibility index (Phi) is 4.00. The standard InChI is InChI=1S/C15H18N2O2/c1-4-12(15(18)19-3)17-13-8-7-10(2)14-11(13)6-5-9-16-14/h5-9,12,17H,4H2,1-3H3. The second-order valence-electron chi connectivity index (χ2n) is 4.46. The molecule has 1 unspecified atom stereocenters. The maximum absolute atomic E-state index is 11.7. The number of nitrogens with one attached hydrogen (secondary N) is 1. The number of hydrogen-bond acceptors (Lipinski definition) is 4. The van der Waals surface area contributed by atoms with Crippen LogP contribution in [-0.2, 0) is 9.53 Å². The van der Waals surface area contributed by atoms with E-state index >= 15 is 0 Å². The second-order valence-corrected chi connectivity index (χ2v) is 4.46. The van der Waals surface area contributed by atoms with Crippen molar-refractivity contribution in [2.24, 2.45) is 0 Å². The van der Waals surface area contributed by atoms with E-state index in [0.29, 0.717) is 6.42 Å². The number of anilines is 1. The fourth-order valence-electron chi connectivity index (χ4n) is 2.10. The molecule has 0 aliphatic carbocycles. The maximum Gasteiger partial charge on any atom is 0.328 e. The number of methoxy groups -OCH3 is 1. The highest BCUT2D eigenvalue weighted by Crippen LogP contribution is 2.25. The van der Waals surface area contributed by atoms with Crippen LogP contribution in [0.1, 0.15) is 18.9 Å². The van der Waals surface area contributed by atoms with Gasteiger partial charge in [-0.15, -0.1) is 0 Å². The molecule has 2 rings (SSSR count). The molecule has 0 fully saturated rings. The molecule has 4 heteroatoms. The van der Waals surface area contributed by atoms with Crippen LogP contribution in [0.15, 0.2) is 30.5 Å². The Bertz CT molecular complexity index is 596. The van der Waals surface area contributed by atoms with Gasteiger partial charge in [0.25, 0.3) is 0 Å². The number of aromatic nitrogens is 1. The third kappa shape index (κ3) is 2.67. The van der Waals surface area contributed by atoms with E-state index in [2.05, 4.69) is 10.3 Å². The van der Waals surface area contributed by atoms with E-state index in [0.717, 1.165) is 22.2 Å². The number of benzene rings is 1. The van der Waals surface area contributed by atoms with E-state index in [9.17, 15) is 4.79 Å². The van der Waals surface area contributed by atoms with Gasteiger partial charge in [-0.3, -0.25) is 4.98 Å². The first-order valence-corrected chi connectivity index (χ1v) is 6.36. The summed E-state index contributed by atoms with van der Waals surface area (Å²) in [5.74, 6) is -0.250. The lowest BCUT2D eigenvalue weighted by Crippen LogP contribution is -2.29. The number of carbonyl (C=O) groups excluding carboxylic acids is 1. The lowest BCUT2D eigenvalue weighted by Gasteiger charge is -2.17. The van der Waals surface area contributed by atoms with Gasteiger partial charge < -0.3 is 10.1 Å². The number of ether oxygens (including phenoxy) is 1. The molecule has 0 aliphatic rings. The molecule has 100 valence electrons. The summed E-state index contributed by atoms with van der Waals surface area (Å²) in [5, 5.41) is 4.25. The zero-order chi connectivity index (χ0) is 13.8. The minimum Gasteiger partial charge on any atom is -0.467 e. The van der Waals surface area contributed by atoms with Crippen LogP contribution < -0.4 is 5.32 Å². The van der Waals surface area contributed by atoms with Gasteiger partial charge in [-0.05, 0) is 37.1 Å². The third-order valence-corrected chi connectivity index (χ3v) is 3.20. The molecule has 0 saturated heterocycles. The molecule has 0 amide bonds. The third-order valence-electron chi connectivity index (χ3n) is 3.20. The van der Waals surface area contributed by atoms with Crippen molar-refractivity contribution < 1.29 is 9.53 Å². The fourth-order valence-corrected chi connectivity index (χ4v) is 2.10. The van der Waals surface area contributed by atoms with E-state index in [1.54, 1.807) is 6.20 Å². The Hall–Kier alpha value is -2.10. The van der Waals surface area contributed by atoms with E-state index < -0.39 is 0 Å². The summed E-state index contributed by atoms with van der Waals surface area (Å²) >= 11 is 0. The molecular weight excluding hydrogens is 240 g/mol. The van der Waals surface area contributed by atoms with Gasteiger partial charge in [0.15, 0.2) is 0 Å². The minimum absolute atomic E-state index is 0.250. The first-order chi connectivity index (χ1) is 9.17. The molecule has 1 atom stereocenters. The van der Waals surface area contributed by atoms with Crippen molar-refractivity contribution in [3.63, 3.8) is 0 Å². The van der Waals surface area contributed by atoms with Crippen molar-refractivity contribution in [1.29, 1.82) is 0 Å². The Morgan fingerprint density at radius 2 is 2.21 bits per heavy atom. The predicted octanol–water partition coefficient (Wildman–Crippen LogP) is 2.91. The molecule has 1 N–H and O–H groups in total. The normalized spacial score (nSPS) is 12.2. The Labute approximate surface area is 112 Å². The van der Waals surface area contributed by atoms with E-state index in [4.69, 9.17) is 4.74 Å². The van der Waals surface area contributed by atoms with Crippen LogP contribution in [0.2, 0.25) is 0 Å². The Balaban J connectivity index is 2.40. The summed E-state index contributed by atoms with van der Waals surface area (Å²) in [4.78, 5) is 16.0. The van der Waals surface area contributed by atoms with Crippen molar-refractivity contribution in [3.05, 3.63) is 36.0 Å². The van der Waals surface area contributed by atoms with Gasteiger partial charge in [0, 0.05) is 17.3 Å². The SMILES string of the molecule is CCC(Nc1ccc(C)c2ncccc12)C(=O)OC. The van der Waals surface area contributed by atoms with Crippen LogP contribution >= 0.6 is 0 Å². The number of carbonyl (C=O) groups is 1. The first kappa shape index (κ1) is 13.3. The number of esters is 1. The summed E-state index contributed by atoms with van der Waals surface area (Å²) in [5.41, 5.74) is 2.98. The van der Waals surface area contributed by atoms with Crippen molar-refractivity contribution in [1.82, 2.24) is 4.98 Å². The number of aryl methyl sites for hydroxylation is 1. The van der Waals surface area contributed by atoms with Gasteiger partial charge in [-0.2, -0.15) is 0 Å². The predicted molar refractivity (Wildman–Crippen MR) is 76.2 cm³/mol. The quantitative estimate of drug-likeness (QED) is 0.857. The van der Waals surface area contributed by atoms with Crippen LogP contribution in [0.4, 0.5) is 5.69 Å². The topological polar surface area (TPSA) is 51.2 Å². The van der Waals surface area contributed by atoms with Gasteiger partial charge in [0.1, 0.15) is 6.04 Å². The van der Waals surface area contributed by atoms with Crippen LogP contribution in [0.25, 0.3) is 10.9 Å². The lowest BCUT2D eigenvalue weighted by molar-refractivity contribution is -0.141. The average molecular weight is 258 g/mol. The van der Waals surface area contributed by atoms with Crippen molar-refractivity contribution in [2.45, 2.75) is 26.3 Å². The monoisotopic (exact) mass is 258 g/mol.